The van der Waals surface area contributed by atoms with Gasteiger partial charge in [0.25, 0.3) is 0 Å². The van der Waals surface area contributed by atoms with Crippen LogP contribution in [0.2, 0.25) is 17.3 Å². The number of rotatable bonds is 6. The van der Waals surface area contributed by atoms with Crippen molar-refractivity contribution >= 4 is 39.6 Å². The van der Waals surface area contributed by atoms with E-state index in [0.717, 1.165) is 50.9 Å². The molecule has 3 aromatic heterocycles. The average molecular weight is 868 g/mol. The number of aromatic nitrogens is 2. The maximum Gasteiger partial charge on any atom is 0.121 e. The summed E-state index contributed by atoms with van der Waals surface area (Å²) >= 11 is -1.86. The third kappa shape index (κ3) is 7.73. The van der Waals surface area contributed by atoms with Gasteiger partial charge in [0.15, 0.2) is 0 Å². The molecule has 0 atom stereocenters. The van der Waals surface area contributed by atoms with Crippen molar-refractivity contribution in [3.63, 3.8) is 0 Å². The summed E-state index contributed by atoms with van der Waals surface area (Å²) in [5, 5.41) is 2.21. The van der Waals surface area contributed by atoms with Crippen LogP contribution in [0.15, 0.2) is 114 Å². The van der Waals surface area contributed by atoms with Crippen LogP contribution in [-0.4, -0.2) is 23.2 Å². The van der Waals surface area contributed by atoms with Gasteiger partial charge < -0.3 is 9.40 Å². The van der Waals surface area contributed by atoms with Crippen molar-refractivity contribution < 1.29 is 24.5 Å². The number of hydrogen-bond acceptors (Lipinski definition) is 3. The molecule has 1 radical (unpaired) electrons. The number of pyridine rings is 2. The van der Waals surface area contributed by atoms with E-state index in [1.54, 1.807) is 10.6 Å². The van der Waals surface area contributed by atoms with Crippen molar-refractivity contribution in [1.29, 1.82) is 0 Å². The normalized spacial score (nSPS) is 11.3. The molecule has 0 saturated carbocycles. The predicted octanol–water partition coefficient (Wildman–Crippen LogP) is 11.0. The number of fused-ring (bicyclic) bond motifs is 3. The van der Waals surface area contributed by atoms with Crippen LogP contribution < -0.4 is 4.40 Å². The number of benzene rings is 4. The summed E-state index contributed by atoms with van der Waals surface area (Å²) in [6, 6.07) is 39.7. The van der Waals surface area contributed by atoms with Gasteiger partial charge in [0.1, 0.15) is 5.58 Å². The molecule has 0 aliphatic rings. The van der Waals surface area contributed by atoms with E-state index >= 15 is 0 Å². The third-order valence-electron chi connectivity index (χ3n) is 8.53. The van der Waals surface area contributed by atoms with Gasteiger partial charge in [-0.1, -0.05) is 53.4 Å². The van der Waals surface area contributed by atoms with Crippen LogP contribution in [0.25, 0.3) is 55.6 Å². The van der Waals surface area contributed by atoms with Gasteiger partial charge in [-0.25, -0.2) is 0 Å². The molecule has 0 bridgehead atoms. The average Bonchev–Trinajstić information content (AvgIpc) is 3.43. The van der Waals surface area contributed by atoms with Crippen LogP contribution in [0, 0.1) is 31.9 Å². The Balaban J connectivity index is 0.000000193. The minimum Gasteiger partial charge on any atom is -0.501 e. The van der Waals surface area contributed by atoms with Crippen LogP contribution in [0.5, 0.6) is 0 Å². The number of aryl methyl sites for hydroxylation is 2. The molecule has 0 saturated heterocycles. The number of nitrogens with zero attached hydrogens (tertiary/aromatic N) is 2. The summed E-state index contributed by atoms with van der Waals surface area (Å²) in [7, 11) is 0. The second-order valence-electron chi connectivity index (χ2n) is 13.7. The molecule has 7 aromatic rings. The van der Waals surface area contributed by atoms with Gasteiger partial charge in [0, 0.05) is 31.7 Å². The largest absolute Gasteiger partial charge is 0.501 e. The predicted molar refractivity (Wildman–Crippen MR) is 201 cm³/mol. The van der Waals surface area contributed by atoms with E-state index in [2.05, 4.69) is 123 Å². The molecule has 5 heteroatoms. The minimum absolute atomic E-state index is 0. The quantitative estimate of drug-likeness (QED) is 0.123. The van der Waals surface area contributed by atoms with Crippen molar-refractivity contribution in [2.24, 2.45) is 5.92 Å². The topological polar surface area (TPSA) is 38.9 Å². The summed E-state index contributed by atoms with van der Waals surface area (Å²) in [5.74, 6) is 7.99. The molecule has 0 aliphatic heterocycles. The maximum absolute atomic E-state index is 6.31. The molecule has 48 heavy (non-hydrogen) atoms. The van der Waals surface area contributed by atoms with Gasteiger partial charge in [-0.3, -0.25) is 0 Å². The first kappa shape index (κ1) is 35.5. The molecule has 0 amide bonds. The fraction of sp³-hybridized carbons (Fsp3) is 0.209. The zero-order valence-electron chi connectivity index (χ0n) is 28.8. The fourth-order valence-corrected chi connectivity index (χ4v) is 9.68. The second-order valence-corrected chi connectivity index (χ2v) is 24.3. The van der Waals surface area contributed by atoms with Crippen LogP contribution in [0.4, 0.5) is 0 Å². The first-order valence-corrected chi connectivity index (χ1v) is 23.8. The molecule has 3 nitrogen and oxygen atoms in total. The van der Waals surface area contributed by atoms with Gasteiger partial charge in [0.2, 0.25) is 0 Å². The van der Waals surface area contributed by atoms with Gasteiger partial charge in [-0.15, -0.1) is 18.2 Å². The van der Waals surface area contributed by atoms with Crippen molar-refractivity contribution in [2.75, 3.05) is 0 Å². The van der Waals surface area contributed by atoms with Crippen LogP contribution in [-0.2, 0) is 26.5 Å². The van der Waals surface area contributed by atoms with Crippen LogP contribution >= 0.6 is 0 Å². The molecule has 0 unspecified atom stereocenters. The van der Waals surface area contributed by atoms with Crippen molar-refractivity contribution in [3.05, 3.63) is 138 Å². The third-order valence-corrected chi connectivity index (χ3v) is 12.9. The van der Waals surface area contributed by atoms with Crippen molar-refractivity contribution in [2.45, 2.75) is 51.4 Å². The molecule has 4 aromatic carbocycles. The Kier molecular flexibility index (Phi) is 11.2. The van der Waals surface area contributed by atoms with E-state index < -0.39 is 13.3 Å². The zero-order chi connectivity index (χ0) is 33.1. The van der Waals surface area contributed by atoms with E-state index in [1.807, 2.05) is 42.5 Å². The molecular formula is C43H42GeIrN2O-2. The Morgan fingerprint density at radius 3 is 2.19 bits per heavy atom. The Morgan fingerprint density at radius 1 is 0.750 bits per heavy atom. The monoisotopic (exact) mass is 869 g/mol. The van der Waals surface area contributed by atoms with Crippen molar-refractivity contribution in [3.8, 4) is 33.6 Å². The molecule has 7 rings (SSSR count). The summed E-state index contributed by atoms with van der Waals surface area (Å²) in [4.78, 5) is 9.17. The Morgan fingerprint density at radius 2 is 1.52 bits per heavy atom. The Labute approximate surface area is 301 Å². The second kappa shape index (κ2) is 15.2. The Bertz CT molecular complexity index is 2130. The van der Waals surface area contributed by atoms with Gasteiger partial charge in [-0.2, -0.15) is 0 Å². The number of furan rings is 1. The van der Waals surface area contributed by atoms with Crippen LogP contribution in [0.1, 0.15) is 30.5 Å². The van der Waals surface area contributed by atoms with Crippen LogP contribution in [0.3, 0.4) is 0 Å². The molecule has 0 fully saturated rings. The van der Waals surface area contributed by atoms with Gasteiger partial charge in [0.05, 0.1) is 5.58 Å². The van der Waals surface area contributed by atoms with Gasteiger partial charge in [-0.05, 0) is 53.9 Å². The standard InChI is InChI=1S/C25H18NO.C18H24GeN.Ir/c1-16-7-5-8-17(2)24(16)18-12-13-19-20-9-6-10-21(22-11-3-4-14-26-22)25(20)27-23(19)15-18;1-14(2)11-16-12-18(15-9-7-6-8-10-15)20-13-17(16)19(3,4)5;/h3-9,11-15H,1-2H3;6-9,12-14H,11H2,1-5H3;/q2*-1;. The van der Waals surface area contributed by atoms with E-state index in [4.69, 9.17) is 9.40 Å². The molecule has 0 aliphatic carbocycles. The molecule has 0 spiro atoms. The van der Waals surface area contributed by atoms with Crippen molar-refractivity contribution in [1.82, 2.24) is 9.97 Å². The molecule has 0 N–H and O–H groups in total. The maximum atomic E-state index is 6.31. The molecular weight excluding hydrogens is 825 g/mol. The van der Waals surface area contributed by atoms with E-state index in [9.17, 15) is 0 Å². The SMILES string of the molecule is CC(C)Cc1cc(-c2[c-]cccc2)nc[c]1[Ge]([CH3])([CH3])[CH3].Cc1cccc(C)c1-c1ccc2c(c1)oc1c(-c3ccccn3)[c-]ccc12.[Ir]. The van der Waals surface area contributed by atoms with E-state index in [-0.39, 0.29) is 20.1 Å². The fourth-order valence-electron chi connectivity index (χ4n) is 6.35. The first-order valence-electron chi connectivity index (χ1n) is 16.4. The summed E-state index contributed by atoms with van der Waals surface area (Å²) in [6.07, 6.45) is 5.07. The van der Waals surface area contributed by atoms with Gasteiger partial charge >= 0.3 is 126 Å². The molecule has 3 heterocycles. The molecule has 245 valence electrons. The van der Waals surface area contributed by atoms with E-state index in [1.165, 1.54) is 27.8 Å². The summed E-state index contributed by atoms with van der Waals surface area (Å²) in [5.41, 5.74) is 12.1. The summed E-state index contributed by atoms with van der Waals surface area (Å²) < 4.78 is 7.85. The smallest absolute Gasteiger partial charge is 0.121 e. The van der Waals surface area contributed by atoms with E-state index in [0.29, 0.717) is 5.92 Å². The zero-order valence-corrected chi connectivity index (χ0v) is 33.3. The Hall–Kier alpha value is -3.83. The minimum atomic E-state index is -1.86. The number of hydrogen-bond donors (Lipinski definition) is 0. The first-order chi connectivity index (χ1) is 22.6. The summed E-state index contributed by atoms with van der Waals surface area (Å²) in [6.45, 7) is 8.88.